The number of pyridine rings is 1. The van der Waals surface area contributed by atoms with Crippen molar-refractivity contribution in [2.75, 3.05) is 0 Å². The molecule has 1 unspecified atom stereocenters. The van der Waals surface area contributed by atoms with Crippen molar-refractivity contribution in [2.24, 2.45) is 0 Å². The molecule has 104 valence electrons. The van der Waals surface area contributed by atoms with Gasteiger partial charge in [0, 0.05) is 11.2 Å². The highest BCUT2D eigenvalue weighted by Crippen LogP contribution is 2.29. The van der Waals surface area contributed by atoms with Crippen molar-refractivity contribution in [1.82, 2.24) is 14.5 Å². The number of hydrogen-bond donors (Lipinski definition) is 0. The maximum Gasteiger partial charge on any atom is 0.164 e. The molecule has 0 saturated carbocycles. The molecule has 3 rings (SSSR count). The van der Waals surface area contributed by atoms with Gasteiger partial charge in [-0.25, -0.2) is 9.97 Å². The highest BCUT2D eigenvalue weighted by molar-refractivity contribution is 6.30. The van der Waals surface area contributed by atoms with Gasteiger partial charge in [0.05, 0.1) is 16.6 Å². The molecule has 1 aromatic carbocycles. The minimum atomic E-state index is -0.329. The van der Waals surface area contributed by atoms with Gasteiger partial charge in [0.25, 0.3) is 0 Å². The van der Waals surface area contributed by atoms with E-state index in [4.69, 9.17) is 23.2 Å². The van der Waals surface area contributed by atoms with Crippen LogP contribution in [-0.4, -0.2) is 14.5 Å². The number of nitriles is 1. The van der Waals surface area contributed by atoms with Crippen molar-refractivity contribution >= 4 is 34.4 Å². The summed E-state index contributed by atoms with van der Waals surface area (Å²) in [4.78, 5) is 8.86. The van der Waals surface area contributed by atoms with E-state index in [2.05, 4.69) is 16.0 Å². The maximum atomic E-state index is 9.33. The van der Waals surface area contributed by atoms with Gasteiger partial charge in [0.15, 0.2) is 5.65 Å². The predicted octanol–water partition coefficient (Wildman–Crippen LogP) is 4.25. The Morgan fingerprint density at radius 3 is 2.86 bits per heavy atom. The quantitative estimate of drug-likeness (QED) is 0.664. The number of hydrogen-bond acceptors (Lipinski definition) is 3. The van der Waals surface area contributed by atoms with Crippen LogP contribution in [0.4, 0.5) is 0 Å². The number of halogens is 2. The first-order chi connectivity index (χ1) is 10.1. The van der Waals surface area contributed by atoms with Crippen molar-refractivity contribution in [3.8, 4) is 11.8 Å². The second-order valence-corrected chi connectivity index (χ2v) is 5.63. The summed E-state index contributed by atoms with van der Waals surface area (Å²) in [5.41, 5.74) is 2.50. The standard InChI is InChI=1S/C15H10Cl2N4/c1-9(16)14-20-12-3-2-6-19-15(12)21(14)13-7-11(17)5-4-10(13)8-18/h2-7,9H,1H3. The van der Waals surface area contributed by atoms with Crippen molar-refractivity contribution in [3.05, 3.63) is 52.9 Å². The van der Waals surface area contributed by atoms with E-state index in [1.807, 2.05) is 19.1 Å². The molecule has 3 aromatic rings. The van der Waals surface area contributed by atoms with Crippen LogP contribution in [0.5, 0.6) is 0 Å². The molecule has 0 aliphatic rings. The molecule has 0 saturated heterocycles. The third kappa shape index (κ3) is 2.35. The lowest BCUT2D eigenvalue weighted by Crippen LogP contribution is -2.04. The highest BCUT2D eigenvalue weighted by Gasteiger charge is 2.19. The van der Waals surface area contributed by atoms with E-state index in [0.29, 0.717) is 27.7 Å². The van der Waals surface area contributed by atoms with Crippen LogP contribution in [0.15, 0.2) is 36.5 Å². The molecule has 2 heterocycles. The SMILES string of the molecule is CC(Cl)c1nc2cccnc2n1-c1cc(Cl)ccc1C#N. The smallest absolute Gasteiger partial charge is 0.164 e. The van der Waals surface area contributed by atoms with Crippen LogP contribution in [-0.2, 0) is 0 Å². The lowest BCUT2D eigenvalue weighted by molar-refractivity contribution is 0.875. The molecular formula is C15H10Cl2N4. The number of aromatic nitrogens is 3. The Morgan fingerprint density at radius 1 is 1.33 bits per heavy atom. The fourth-order valence-electron chi connectivity index (χ4n) is 2.22. The van der Waals surface area contributed by atoms with Gasteiger partial charge in [-0.05, 0) is 37.3 Å². The number of alkyl halides is 1. The summed E-state index contributed by atoms with van der Waals surface area (Å²) in [6.07, 6.45) is 1.68. The van der Waals surface area contributed by atoms with Gasteiger partial charge in [-0.15, -0.1) is 11.6 Å². The van der Waals surface area contributed by atoms with Crippen LogP contribution in [0, 0.1) is 11.3 Å². The van der Waals surface area contributed by atoms with Gasteiger partial charge in [-0.2, -0.15) is 5.26 Å². The Labute approximate surface area is 131 Å². The fraction of sp³-hybridized carbons (Fsp3) is 0.133. The van der Waals surface area contributed by atoms with Crippen LogP contribution >= 0.6 is 23.2 Å². The van der Waals surface area contributed by atoms with E-state index in [1.165, 1.54) is 0 Å². The molecule has 4 nitrogen and oxygen atoms in total. The maximum absolute atomic E-state index is 9.33. The van der Waals surface area contributed by atoms with E-state index in [0.717, 1.165) is 5.52 Å². The largest absolute Gasteiger partial charge is 0.278 e. The molecule has 0 spiro atoms. The Morgan fingerprint density at radius 2 is 2.14 bits per heavy atom. The molecule has 0 radical (unpaired) electrons. The molecular weight excluding hydrogens is 307 g/mol. The van der Waals surface area contributed by atoms with E-state index in [1.54, 1.807) is 29.0 Å². The van der Waals surface area contributed by atoms with E-state index in [-0.39, 0.29) is 5.38 Å². The zero-order chi connectivity index (χ0) is 15.0. The van der Waals surface area contributed by atoms with Crippen LogP contribution in [0.1, 0.15) is 23.7 Å². The minimum Gasteiger partial charge on any atom is -0.278 e. The van der Waals surface area contributed by atoms with E-state index >= 15 is 0 Å². The van der Waals surface area contributed by atoms with Crippen LogP contribution < -0.4 is 0 Å². The average molecular weight is 317 g/mol. The molecule has 0 amide bonds. The normalized spacial score (nSPS) is 12.3. The summed E-state index contributed by atoms with van der Waals surface area (Å²) in [5.74, 6) is 0.629. The molecule has 1 atom stereocenters. The van der Waals surface area contributed by atoms with Gasteiger partial charge in [0.2, 0.25) is 0 Å². The monoisotopic (exact) mass is 316 g/mol. The topological polar surface area (TPSA) is 54.5 Å². The van der Waals surface area contributed by atoms with Gasteiger partial charge in [0.1, 0.15) is 17.4 Å². The second kappa shape index (κ2) is 5.36. The van der Waals surface area contributed by atoms with Gasteiger partial charge >= 0.3 is 0 Å². The van der Waals surface area contributed by atoms with Gasteiger partial charge < -0.3 is 0 Å². The number of rotatable bonds is 2. The highest BCUT2D eigenvalue weighted by atomic mass is 35.5. The molecule has 0 N–H and O–H groups in total. The average Bonchev–Trinajstić information content (AvgIpc) is 2.86. The number of benzene rings is 1. The third-order valence-corrected chi connectivity index (χ3v) is 3.55. The molecule has 2 aromatic heterocycles. The molecule has 21 heavy (non-hydrogen) atoms. The molecule has 6 heteroatoms. The Balaban J connectivity index is 2.42. The van der Waals surface area contributed by atoms with Crippen LogP contribution in [0.2, 0.25) is 5.02 Å². The zero-order valence-corrected chi connectivity index (χ0v) is 12.6. The summed E-state index contributed by atoms with van der Waals surface area (Å²) in [6.45, 7) is 1.83. The summed E-state index contributed by atoms with van der Waals surface area (Å²) >= 11 is 12.3. The summed E-state index contributed by atoms with van der Waals surface area (Å²) < 4.78 is 1.79. The summed E-state index contributed by atoms with van der Waals surface area (Å²) in [5, 5.41) is 9.54. The second-order valence-electron chi connectivity index (χ2n) is 4.54. The van der Waals surface area contributed by atoms with Crippen molar-refractivity contribution in [2.45, 2.75) is 12.3 Å². The summed E-state index contributed by atoms with van der Waals surface area (Å²) in [6, 6.07) is 10.9. The first kappa shape index (κ1) is 13.9. The Hall–Kier alpha value is -2.09. The Bertz CT molecular complexity index is 862. The first-order valence-electron chi connectivity index (χ1n) is 6.29. The van der Waals surface area contributed by atoms with Crippen molar-refractivity contribution < 1.29 is 0 Å². The molecule has 0 aliphatic carbocycles. The number of nitrogens with zero attached hydrogens (tertiary/aromatic N) is 4. The minimum absolute atomic E-state index is 0.329. The van der Waals surface area contributed by atoms with Gasteiger partial charge in [-0.1, -0.05) is 11.6 Å². The van der Waals surface area contributed by atoms with Crippen LogP contribution in [0.25, 0.3) is 16.9 Å². The third-order valence-electron chi connectivity index (χ3n) is 3.12. The number of imidazole rings is 1. The van der Waals surface area contributed by atoms with Crippen molar-refractivity contribution in [3.63, 3.8) is 0 Å². The molecule has 0 bridgehead atoms. The van der Waals surface area contributed by atoms with Crippen molar-refractivity contribution in [1.29, 1.82) is 5.26 Å². The first-order valence-corrected chi connectivity index (χ1v) is 7.10. The predicted molar refractivity (Wildman–Crippen MR) is 82.9 cm³/mol. The number of fused-ring (bicyclic) bond motifs is 1. The van der Waals surface area contributed by atoms with Crippen LogP contribution in [0.3, 0.4) is 0 Å². The molecule has 0 aliphatic heterocycles. The summed E-state index contributed by atoms with van der Waals surface area (Å²) in [7, 11) is 0. The Kier molecular flexibility index (Phi) is 3.54. The van der Waals surface area contributed by atoms with E-state index < -0.39 is 0 Å². The lowest BCUT2D eigenvalue weighted by atomic mass is 10.2. The molecule has 0 fully saturated rings. The van der Waals surface area contributed by atoms with Gasteiger partial charge in [-0.3, -0.25) is 4.57 Å². The zero-order valence-electron chi connectivity index (χ0n) is 11.1. The fourth-order valence-corrected chi connectivity index (χ4v) is 2.53. The lowest BCUT2D eigenvalue weighted by Gasteiger charge is -2.11. The van der Waals surface area contributed by atoms with E-state index in [9.17, 15) is 5.26 Å².